The van der Waals surface area contributed by atoms with Crippen molar-refractivity contribution in [1.29, 1.82) is 0 Å². The third-order valence-corrected chi connectivity index (χ3v) is 20.4. The van der Waals surface area contributed by atoms with Gasteiger partial charge >= 0.3 is 0 Å². The maximum absolute atomic E-state index is 5.27. The first-order valence-corrected chi connectivity index (χ1v) is 36.4. The second-order valence-electron chi connectivity index (χ2n) is 27.1. The van der Waals surface area contributed by atoms with Gasteiger partial charge in [0.25, 0.3) is 0 Å². The van der Waals surface area contributed by atoms with Crippen molar-refractivity contribution in [2.75, 3.05) is 0 Å². The van der Waals surface area contributed by atoms with Crippen LogP contribution in [0.3, 0.4) is 0 Å². The number of fused-ring (bicyclic) bond motifs is 9. The van der Waals surface area contributed by atoms with Crippen molar-refractivity contribution in [2.45, 2.75) is 0 Å². The van der Waals surface area contributed by atoms with Crippen LogP contribution in [-0.4, -0.2) is 34.9 Å². The normalized spacial score (nSPS) is 11.3. The Morgan fingerprint density at radius 1 is 0.167 bits per heavy atom. The molecule has 0 radical (unpaired) electrons. The third kappa shape index (κ3) is 12.5. The summed E-state index contributed by atoms with van der Waals surface area (Å²) in [5, 5.41) is 9.10. The Labute approximate surface area is 625 Å². The summed E-state index contributed by atoms with van der Waals surface area (Å²) in [5.74, 6) is 0. The molecule has 0 saturated heterocycles. The van der Waals surface area contributed by atoms with Crippen molar-refractivity contribution in [3.8, 4) is 135 Å². The van der Waals surface area contributed by atoms with E-state index in [1.54, 1.807) is 12.4 Å². The molecule has 7 heteroatoms. The molecule has 0 aliphatic heterocycles. The van der Waals surface area contributed by atoms with E-state index >= 15 is 0 Å². The van der Waals surface area contributed by atoms with Crippen molar-refractivity contribution in [3.63, 3.8) is 0 Å². The Balaban J connectivity index is 0.000000147. The van der Waals surface area contributed by atoms with Crippen LogP contribution in [0.5, 0.6) is 0 Å². The minimum absolute atomic E-state index is 0.811. The number of nitrogens with zero attached hydrogens (tertiary/aromatic N) is 7. The molecule has 13 aromatic carbocycles. The predicted molar refractivity (Wildman–Crippen MR) is 448 cm³/mol. The van der Waals surface area contributed by atoms with Crippen LogP contribution in [0.15, 0.2) is 395 Å². The van der Waals surface area contributed by atoms with Gasteiger partial charge in [-0.25, -0.2) is 24.9 Å². The number of aromatic nitrogens is 7. The zero-order valence-electron chi connectivity index (χ0n) is 58.7. The number of hydrogen-bond acceptors (Lipinski definition) is 7. The van der Waals surface area contributed by atoms with Crippen LogP contribution in [0.4, 0.5) is 0 Å². The highest BCUT2D eigenvalue weighted by atomic mass is 14.8. The van der Waals surface area contributed by atoms with E-state index in [0.717, 1.165) is 156 Å². The zero-order valence-corrected chi connectivity index (χ0v) is 58.7. The van der Waals surface area contributed by atoms with Crippen LogP contribution < -0.4 is 0 Å². The SMILES string of the molecule is c1ccc(-c2ccc(-c3nc4ccccc4c4c(-c5cccc(-c6ccc(-c7cc(-c8ccccn8)nc(-c8ccccn8)c7)cc6)c5)cccc34)cc2)cc1.c1ccc(-c2ccc(-c3nc4ccccc4c4c(-c5cccc(-c6ccc7ccc8ccc(-c9ccccc9)nc8c7n6)c5)cccc34)cc2)cc1. The van der Waals surface area contributed by atoms with Crippen molar-refractivity contribution in [3.05, 3.63) is 395 Å². The van der Waals surface area contributed by atoms with Gasteiger partial charge in [0.05, 0.1) is 67.6 Å². The Hall–Kier alpha value is -14.5. The molecule has 0 unspecified atom stereocenters. The fraction of sp³-hybridized carbons (Fsp3) is 0. The monoisotopic (exact) mass is 1380 g/mol. The van der Waals surface area contributed by atoms with Gasteiger partial charge in [0.2, 0.25) is 0 Å². The second kappa shape index (κ2) is 28.3. The van der Waals surface area contributed by atoms with Crippen molar-refractivity contribution >= 4 is 65.2 Å². The predicted octanol–water partition coefficient (Wildman–Crippen LogP) is 26.1. The summed E-state index contributed by atoms with van der Waals surface area (Å²) in [7, 11) is 0. The van der Waals surface area contributed by atoms with Gasteiger partial charge in [0.1, 0.15) is 0 Å². The molecular formula is C101H65N7. The highest BCUT2D eigenvalue weighted by Gasteiger charge is 2.20. The lowest BCUT2D eigenvalue weighted by Crippen LogP contribution is -1.94. The molecule has 7 nitrogen and oxygen atoms in total. The Morgan fingerprint density at radius 3 is 0.981 bits per heavy atom. The number of hydrogen-bond donors (Lipinski definition) is 0. The van der Waals surface area contributed by atoms with Gasteiger partial charge < -0.3 is 0 Å². The van der Waals surface area contributed by atoms with Crippen LogP contribution in [0, 0.1) is 0 Å². The molecule has 0 aliphatic carbocycles. The summed E-state index contributed by atoms with van der Waals surface area (Å²) in [6.45, 7) is 0. The van der Waals surface area contributed by atoms with Crippen molar-refractivity contribution in [1.82, 2.24) is 34.9 Å². The van der Waals surface area contributed by atoms with E-state index < -0.39 is 0 Å². The third-order valence-electron chi connectivity index (χ3n) is 20.4. The molecule has 504 valence electrons. The van der Waals surface area contributed by atoms with Crippen LogP contribution >= 0.6 is 0 Å². The molecule has 0 N–H and O–H groups in total. The van der Waals surface area contributed by atoms with E-state index in [9.17, 15) is 0 Å². The van der Waals surface area contributed by atoms with E-state index in [2.05, 4.69) is 338 Å². The molecule has 20 aromatic rings. The van der Waals surface area contributed by atoms with Crippen molar-refractivity contribution < 1.29 is 0 Å². The summed E-state index contributed by atoms with van der Waals surface area (Å²) in [6.07, 6.45) is 3.60. The molecule has 0 bridgehead atoms. The molecule has 108 heavy (non-hydrogen) atoms. The van der Waals surface area contributed by atoms with E-state index in [1.807, 2.05) is 54.6 Å². The standard InChI is InChI=1S/C52H34N4.C49H31N3/c1-2-12-35(13-3-1)36-26-28-39(29-27-36)52-45-18-11-17-43(51(45)44-16-4-5-19-46(44)56-52)41-15-10-14-40(32-41)37-22-24-38(25-23-37)42-33-49(47-20-6-8-30-53-47)55-50(34-42)48-21-7-9-31-54-48;1-3-11-32(12-4-1)33-21-23-35(24-22-33)47-42-19-10-18-40(46(42)41-17-7-8-20-45(41)52-47)38-15-9-16-39(31-38)44-30-28-37-26-25-36-27-29-43(34-13-5-2-6-14-34)50-48(36)49(37)51-44/h1-34H;1-31H. The summed E-state index contributed by atoms with van der Waals surface area (Å²) in [4.78, 5) is 35.0. The van der Waals surface area contributed by atoms with E-state index in [1.165, 1.54) is 44.2 Å². The molecule has 7 heterocycles. The largest absolute Gasteiger partial charge is 0.255 e. The van der Waals surface area contributed by atoms with Crippen LogP contribution in [0.2, 0.25) is 0 Å². The molecule has 0 saturated carbocycles. The van der Waals surface area contributed by atoms with E-state index in [0.29, 0.717) is 0 Å². The molecule has 0 aliphatic rings. The average Bonchev–Trinajstić information content (AvgIpc) is 0.750. The molecule has 0 atom stereocenters. The molecule has 7 aromatic heterocycles. The quantitative estimate of drug-likeness (QED) is 0.113. The Morgan fingerprint density at radius 2 is 0.509 bits per heavy atom. The first kappa shape index (κ1) is 64.3. The van der Waals surface area contributed by atoms with Gasteiger partial charge in [0, 0.05) is 77.7 Å². The average molecular weight is 1380 g/mol. The Kier molecular flexibility index (Phi) is 16.8. The topological polar surface area (TPSA) is 90.2 Å². The minimum atomic E-state index is 0.811. The van der Waals surface area contributed by atoms with Gasteiger partial charge in [-0.3, -0.25) is 9.97 Å². The van der Waals surface area contributed by atoms with Crippen LogP contribution in [-0.2, 0) is 0 Å². The second-order valence-corrected chi connectivity index (χ2v) is 27.1. The zero-order chi connectivity index (χ0) is 71.7. The van der Waals surface area contributed by atoms with Gasteiger partial charge in [-0.15, -0.1) is 0 Å². The van der Waals surface area contributed by atoms with E-state index in [4.69, 9.17) is 24.9 Å². The van der Waals surface area contributed by atoms with E-state index in [-0.39, 0.29) is 0 Å². The maximum atomic E-state index is 5.27. The first-order valence-electron chi connectivity index (χ1n) is 36.4. The number of benzene rings is 13. The molecule has 0 spiro atoms. The highest BCUT2D eigenvalue weighted by Crippen LogP contribution is 2.43. The lowest BCUT2D eigenvalue weighted by molar-refractivity contribution is 1.22. The maximum Gasteiger partial charge on any atom is 0.0972 e. The highest BCUT2D eigenvalue weighted by molar-refractivity contribution is 6.19. The number of rotatable bonds is 12. The van der Waals surface area contributed by atoms with Gasteiger partial charge in [-0.05, 0) is 140 Å². The fourth-order valence-electron chi connectivity index (χ4n) is 15.1. The molecule has 0 fully saturated rings. The van der Waals surface area contributed by atoms with Gasteiger partial charge in [0.15, 0.2) is 0 Å². The summed E-state index contributed by atoms with van der Waals surface area (Å²) < 4.78 is 0. The summed E-state index contributed by atoms with van der Waals surface area (Å²) in [5.41, 5.74) is 29.1. The molecular weight excluding hydrogens is 1310 g/mol. The van der Waals surface area contributed by atoms with Gasteiger partial charge in [-0.1, -0.05) is 309 Å². The lowest BCUT2D eigenvalue weighted by Gasteiger charge is -2.15. The molecule has 0 amide bonds. The first-order chi connectivity index (χ1) is 53.5. The summed E-state index contributed by atoms with van der Waals surface area (Å²) in [6, 6.07) is 134. The van der Waals surface area contributed by atoms with Crippen LogP contribution in [0.1, 0.15) is 0 Å². The fourth-order valence-corrected chi connectivity index (χ4v) is 15.1. The Bertz CT molecular complexity index is 6680. The smallest absolute Gasteiger partial charge is 0.0972 e. The number of pyridine rings is 7. The molecule has 20 rings (SSSR count). The van der Waals surface area contributed by atoms with Gasteiger partial charge in [-0.2, -0.15) is 0 Å². The minimum Gasteiger partial charge on any atom is -0.255 e. The lowest BCUT2D eigenvalue weighted by atomic mass is 9.91. The number of para-hydroxylation sites is 2. The summed E-state index contributed by atoms with van der Waals surface area (Å²) >= 11 is 0. The van der Waals surface area contributed by atoms with Crippen molar-refractivity contribution in [2.24, 2.45) is 0 Å². The van der Waals surface area contributed by atoms with Crippen LogP contribution in [0.25, 0.3) is 200 Å².